The number of rotatable bonds is 3. The molecule has 31 heavy (non-hydrogen) atoms. The number of hydrogen-bond donors (Lipinski definition) is 0. The molecule has 1 aromatic carbocycles. The van der Waals surface area contributed by atoms with Crippen molar-refractivity contribution in [3.05, 3.63) is 71.7 Å². The second-order valence-corrected chi connectivity index (χ2v) is 9.70. The molecule has 3 heterocycles. The summed E-state index contributed by atoms with van der Waals surface area (Å²) in [6.07, 6.45) is 13.8. The lowest BCUT2D eigenvalue weighted by Crippen LogP contribution is -2.49. The summed E-state index contributed by atoms with van der Waals surface area (Å²) < 4.78 is 18.7. The van der Waals surface area contributed by atoms with Gasteiger partial charge in [-0.3, -0.25) is 4.90 Å². The SMILES string of the molecule is C1=CC(c2ccco2)(C2CCC(N3CCOCC3)CC2)OC2CCc3ccccc3C12. The van der Waals surface area contributed by atoms with Gasteiger partial charge in [0.05, 0.1) is 25.6 Å². The van der Waals surface area contributed by atoms with Crippen LogP contribution in [-0.4, -0.2) is 43.3 Å². The van der Waals surface area contributed by atoms with Gasteiger partial charge in [0.15, 0.2) is 0 Å². The molecule has 2 aliphatic carbocycles. The molecule has 3 atom stereocenters. The van der Waals surface area contributed by atoms with Gasteiger partial charge in [0.1, 0.15) is 11.4 Å². The number of hydrogen-bond acceptors (Lipinski definition) is 4. The van der Waals surface area contributed by atoms with E-state index < -0.39 is 5.60 Å². The van der Waals surface area contributed by atoms with Gasteiger partial charge in [-0.1, -0.05) is 30.3 Å². The Balaban J connectivity index is 1.27. The predicted octanol–water partition coefficient (Wildman–Crippen LogP) is 5.05. The summed E-state index contributed by atoms with van der Waals surface area (Å²) >= 11 is 0. The number of morpholine rings is 1. The third kappa shape index (κ3) is 3.49. The summed E-state index contributed by atoms with van der Waals surface area (Å²) in [7, 11) is 0. The largest absolute Gasteiger partial charge is 0.466 e. The van der Waals surface area contributed by atoms with Gasteiger partial charge < -0.3 is 13.9 Å². The molecule has 0 spiro atoms. The van der Waals surface area contributed by atoms with Crippen molar-refractivity contribution in [3.8, 4) is 0 Å². The van der Waals surface area contributed by atoms with E-state index in [1.54, 1.807) is 6.26 Å². The Labute approximate surface area is 185 Å². The van der Waals surface area contributed by atoms with Crippen LogP contribution in [-0.2, 0) is 21.5 Å². The zero-order valence-corrected chi connectivity index (χ0v) is 18.2. The van der Waals surface area contributed by atoms with Crippen molar-refractivity contribution in [2.75, 3.05) is 26.3 Å². The Kier molecular flexibility index (Phi) is 5.25. The first-order valence-electron chi connectivity index (χ1n) is 12.1. The zero-order chi connectivity index (χ0) is 20.7. The summed E-state index contributed by atoms with van der Waals surface area (Å²) in [5, 5.41) is 0. The minimum absolute atomic E-state index is 0.224. The van der Waals surface area contributed by atoms with Gasteiger partial charge in [-0.15, -0.1) is 0 Å². The third-order valence-corrected chi connectivity index (χ3v) is 8.18. The summed E-state index contributed by atoms with van der Waals surface area (Å²) in [5.74, 6) is 1.80. The highest BCUT2D eigenvalue weighted by Crippen LogP contribution is 2.51. The monoisotopic (exact) mass is 419 g/mol. The maximum atomic E-state index is 7.09. The van der Waals surface area contributed by atoms with Crippen LogP contribution in [0, 0.1) is 5.92 Å². The number of fused-ring (bicyclic) bond motifs is 3. The van der Waals surface area contributed by atoms with Crippen LogP contribution in [0.1, 0.15) is 54.9 Å². The fraction of sp³-hybridized carbons (Fsp3) is 0.556. The Morgan fingerprint density at radius 1 is 0.903 bits per heavy atom. The van der Waals surface area contributed by atoms with Gasteiger partial charge in [-0.2, -0.15) is 0 Å². The van der Waals surface area contributed by atoms with Crippen LogP contribution in [0.4, 0.5) is 0 Å². The van der Waals surface area contributed by atoms with Crippen molar-refractivity contribution < 1.29 is 13.9 Å². The van der Waals surface area contributed by atoms with Gasteiger partial charge in [0.25, 0.3) is 0 Å². The van der Waals surface area contributed by atoms with E-state index in [0.717, 1.165) is 44.9 Å². The zero-order valence-electron chi connectivity index (χ0n) is 18.2. The number of benzene rings is 1. The van der Waals surface area contributed by atoms with E-state index in [2.05, 4.69) is 47.4 Å². The molecule has 2 fully saturated rings. The summed E-state index contributed by atoms with van der Waals surface area (Å²) in [6.45, 7) is 3.93. The first kappa shape index (κ1) is 19.8. The molecule has 164 valence electrons. The standard InChI is InChI=1S/C27H33NO3/c1-2-5-23-20(4-1)7-12-25-24(23)13-14-27(31-25,26-6-3-17-30-26)21-8-10-22(11-9-21)28-15-18-29-19-16-28/h1-6,13-14,17,21-22,24-25H,7-12,15-16,18-19H2. The second-order valence-electron chi connectivity index (χ2n) is 9.70. The lowest BCUT2D eigenvalue weighted by Gasteiger charge is -2.48. The van der Waals surface area contributed by atoms with E-state index in [9.17, 15) is 0 Å². The maximum absolute atomic E-state index is 7.09. The molecule has 3 unspecified atom stereocenters. The number of nitrogens with zero attached hydrogens (tertiary/aromatic N) is 1. The van der Waals surface area contributed by atoms with Crippen molar-refractivity contribution in [3.63, 3.8) is 0 Å². The van der Waals surface area contributed by atoms with Crippen molar-refractivity contribution in [2.45, 2.75) is 62.2 Å². The molecule has 0 N–H and O–H groups in total. The summed E-state index contributed by atoms with van der Waals surface area (Å²) in [6, 6.07) is 13.7. The minimum Gasteiger partial charge on any atom is -0.466 e. The van der Waals surface area contributed by atoms with Gasteiger partial charge in [-0.25, -0.2) is 0 Å². The molecule has 0 amide bonds. The van der Waals surface area contributed by atoms with E-state index in [4.69, 9.17) is 13.9 Å². The molecule has 2 aliphatic heterocycles. The summed E-state index contributed by atoms with van der Waals surface area (Å²) in [5.41, 5.74) is 2.50. The maximum Gasteiger partial charge on any atom is 0.147 e. The van der Waals surface area contributed by atoms with Crippen LogP contribution in [0.15, 0.2) is 59.2 Å². The van der Waals surface area contributed by atoms with Crippen LogP contribution >= 0.6 is 0 Å². The molecule has 4 aliphatic rings. The third-order valence-electron chi connectivity index (χ3n) is 8.18. The first-order valence-corrected chi connectivity index (χ1v) is 12.1. The Morgan fingerprint density at radius 3 is 2.55 bits per heavy atom. The van der Waals surface area contributed by atoms with Crippen molar-refractivity contribution >= 4 is 0 Å². The average molecular weight is 420 g/mol. The minimum atomic E-state index is -0.424. The molecule has 2 aromatic rings. The van der Waals surface area contributed by atoms with Crippen LogP contribution < -0.4 is 0 Å². The van der Waals surface area contributed by atoms with E-state index in [0.29, 0.717) is 17.9 Å². The Hall–Kier alpha value is -1.88. The van der Waals surface area contributed by atoms with Gasteiger partial charge in [0, 0.05) is 25.0 Å². The van der Waals surface area contributed by atoms with Crippen LogP contribution in [0.25, 0.3) is 0 Å². The van der Waals surface area contributed by atoms with E-state index in [1.165, 1.54) is 36.8 Å². The van der Waals surface area contributed by atoms with Crippen molar-refractivity contribution in [1.29, 1.82) is 0 Å². The Morgan fingerprint density at radius 2 is 1.74 bits per heavy atom. The van der Waals surface area contributed by atoms with Crippen LogP contribution in [0.5, 0.6) is 0 Å². The number of ether oxygens (including phenoxy) is 2. The fourth-order valence-corrected chi connectivity index (χ4v) is 6.55. The van der Waals surface area contributed by atoms with Crippen LogP contribution in [0.3, 0.4) is 0 Å². The lowest BCUT2D eigenvalue weighted by molar-refractivity contribution is -0.141. The molecular weight excluding hydrogens is 386 g/mol. The van der Waals surface area contributed by atoms with Crippen molar-refractivity contribution in [2.24, 2.45) is 5.92 Å². The van der Waals surface area contributed by atoms with E-state index in [-0.39, 0.29) is 6.10 Å². The normalized spacial score (nSPS) is 36.0. The first-order chi connectivity index (χ1) is 15.3. The average Bonchev–Trinajstić information content (AvgIpc) is 3.40. The predicted molar refractivity (Wildman–Crippen MR) is 120 cm³/mol. The lowest BCUT2D eigenvalue weighted by atomic mass is 9.70. The quantitative estimate of drug-likeness (QED) is 0.652. The second kappa shape index (κ2) is 8.23. The van der Waals surface area contributed by atoms with Gasteiger partial charge in [-0.05, 0) is 73.8 Å². The fourth-order valence-electron chi connectivity index (χ4n) is 6.55. The van der Waals surface area contributed by atoms with E-state index in [1.807, 2.05) is 6.07 Å². The summed E-state index contributed by atoms with van der Waals surface area (Å²) in [4.78, 5) is 2.64. The van der Waals surface area contributed by atoms with Gasteiger partial charge in [0.2, 0.25) is 0 Å². The van der Waals surface area contributed by atoms with Crippen LogP contribution in [0.2, 0.25) is 0 Å². The number of furan rings is 1. The van der Waals surface area contributed by atoms with Crippen molar-refractivity contribution in [1.82, 2.24) is 4.90 Å². The highest BCUT2D eigenvalue weighted by atomic mass is 16.5. The molecular formula is C27H33NO3. The number of aryl methyl sites for hydroxylation is 1. The molecule has 6 rings (SSSR count). The highest BCUT2D eigenvalue weighted by molar-refractivity contribution is 5.39. The molecule has 0 bridgehead atoms. The topological polar surface area (TPSA) is 34.8 Å². The molecule has 1 saturated carbocycles. The smallest absolute Gasteiger partial charge is 0.147 e. The van der Waals surface area contributed by atoms with Gasteiger partial charge >= 0.3 is 0 Å². The highest BCUT2D eigenvalue weighted by Gasteiger charge is 2.49. The molecule has 0 radical (unpaired) electrons. The molecule has 1 saturated heterocycles. The molecule has 4 nitrogen and oxygen atoms in total. The molecule has 1 aromatic heterocycles. The Bertz CT molecular complexity index is 908. The van der Waals surface area contributed by atoms with E-state index >= 15 is 0 Å². The molecule has 4 heteroatoms.